The summed E-state index contributed by atoms with van der Waals surface area (Å²) >= 11 is 9.28. The smallest absolute Gasteiger partial charge is 0.252 e. The molecule has 0 spiro atoms. The van der Waals surface area contributed by atoms with E-state index in [1.54, 1.807) is 18.2 Å². The Kier molecular flexibility index (Phi) is 4.86. The highest BCUT2D eigenvalue weighted by Gasteiger charge is 2.15. The van der Waals surface area contributed by atoms with E-state index in [0.29, 0.717) is 10.6 Å². The molecule has 0 fully saturated rings. The van der Waals surface area contributed by atoms with E-state index in [0.717, 1.165) is 10.2 Å². The van der Waals surface area contributed by atoms with Crippen LogP contribution in [0.2, 0.25) is 5.02 Å². The van der Waals surface area contributed by atoms with Crippen molar-refractivity contribution in [1.29, 1.82) is 0 Å². The Balaban J connectivity index is 2.02. The summed E-state index contributed by atoms with van der Waals surface area (Å²) in [5.41, 5.74) is 1.12. The lowest BCUT2D eigenvalue weighted by atomic mass is 10.2. The molecule has 0 saturated carbocycles. The van der Waals surface area contributed by atoms with E-state index in [2.05, 4.69) is 21.2 Å². The zero-order valence-corrected chi connectivity index (χ0v) is 13.1. The minimum absolute atomic E-state index is 0.125. The molecule has 106 valence electrons. The molecule has 0 aliphatic carbocycles. The first-order valence-corrected chi connectivity index (χ1v) is 7.18. The summed E-state index contributed by atoms with van der Waals surface area (Å²) < 4.78 is 2.58. The number of amides is 1. The van der Waals surface area contributed by atoms with Crippen molar-refractivity contribution in [3.63, 3.8) is 0 Å². The number of hydrogen-bond acceptors (Lipinski definition) is 2. The maximum absolute atomic E-state index is 12.0. The monoisotopic (exact) mass is 356 g/mol. The second-order valence-corrected chi connectivity index (χ2v) is 5.72. The van der Waals surface area contributed by atoms with E-state index in [-0.39, 0.29) is 12.5 Å². The number of aromatic nitrogens is 1. The van der Waals surface area contributed by atoms with Crippen molar-refractivity contribution < 1.29 is 9.90 Å². The van der Waals surface area contributed by atoms with Crippen LogP contribution in [0, 0.1) is 0 Å². The van der Waals surface area contributed by atoms with E-state index >= 15 is 0 Å². The molecule has 1 heterocycles. The van der Waals surface area contributed by atoms with Crippen LogP contribution in [0.15, 0.2) is 41.0 Å². The van der Waals surface area contributed by atoms with Gasteiger partial charge in [0.1, 0.15) is 6.10 Å². The lowest BCUT2D eigenvalue weighted by Gasteiger charge is -2.13. The van der Waals surface area contributed by atoms with Gasteiger partial charge < -0.3 is 15.0 Å². The highest BCUT2D eigenvalue weighted by molar-refractivity contribution is 9.10. The summed E-state index contributed by atoms with van der Waals surface area (Å²) in [5, 5.41) is 13.1. The highest BCUT2D eigenvalue weighted by Crippen LogP contribution is 2.21. The van der Waals surface area contributed by atoms with E-state index < -0.39 is 6.10 Å². The van der Waals surface area contributed by atoms with Crippen molar-refractivity contribution in [2.75, 3.05) is 6.54 Å². The van der Waals surface area contributed by atoms with Gasteiger partial charge >= 0.3 is 0 Å². The molecule has 0 saturated heterocycles. The van der Waals surface area contributed by atoms with Crippen LogP contribution >= 0.6 is 27.5 Å². The Bertz CT molecular complexity index is 627. The number of nitrogens with one attached hydrogen (secondary N) is 1. The molecule has 0 unspecified atom stereocenters. The molecule has 4 nitrogen and oxygen atoms in total. The molecular weight excluding hydrogens is 344 g/mol. The van der Waals surface area contributed by atoms with Gasteiger partial charge in [0, 0.05) is 30.0 Å². The molecule has 6 heteroatoms. The summed E-state index contributed by atoms with van der Waals surface area (Å²) in [5.74, 6) is -0.315. The summed E-state index contributed by atoms with van der Waals surface area (Å²) in [6, 6.07) is 8.70. The minimum Gasteiger partial charge on any atom is -0.385 e. The van der Waals surface area contributed by atoms with Crippen molar-refractivity contribution in [3.8, 4) is 0 Å². The second-order valence-electron chi connectivity index (χ2n) is 4.39. The zero-order chi connectivity index (χ0) is 14.7. The molecule has 1 amide bonds. The Labute approximate surface area is 130 Å². The van der Waals surface area contributed by atoms with E-state index in [1.807, 2.05) is 29.9 Å². The molecule has 0 bridgehead atoms. The molecule has 1 aromatic carbocycles. The SMILES string of the molecule is Cn1cccc1[C@@H](O)CNC(=O)c1cc(Br)ccc1Cl. The van der Waals surface area contributed by atoms with Crippen LogP contribution in [0.5, 0.6) is 0 Å². The van der Waals surface area contributed by atoms with Crippen molar-refractivity contribution in [1.82, 2.24) is 9.88 Å². The van der Waals surface area contributed by atoms with Gasteiger partial charge in [0.25, 0.3) is 5.91 Å². The van der Waals surface area contributed by atoms with E-state index in [1.165, 1.54) is 0 Å². The van der Waals surface area contributed by atoms with Gasteiger partial charge in [0.05, 0.1) is 10.6 Å². The Hall–Kier alpha value is -1.30. The molecule has 1 atom stereocenters. The molecule has 20 heavy (non-hydrogen) atoms. The molecule has 0 radical (unpaired) electrons. The van der Waals surface area contributed by atoms with Crippen LogP contribution in [-0.4, -0.2) is 22.1 Å². The molecule has 2 aromatic rings. The van der Waals surface area contributed by atoms with Crippen LogP contribution < -0.4 is 5.32 Å². The molecular formula is C14H14BrClN2O2. The third-order valence-electron chi connectivity index (χ3n) is 2.95. The number of hydrogen-bond donors (Lipinski definition) is 2. The Morgan fingerprint density at radius 1 is 1.50 bits per heavy atom. The fourth-order valence-corrected chi connectivity index (χ4v) is 2.45. The first-order chi connectivity index (χ1) is 9.49. The van der Waals surface area contributed by atoms with Crippen LogP contribution in [0.1, 0.15) is 22.2 Å². The van der Waals surface area contributed by atoms with E-state index in [4.69, 9.17) is 11.6 Å². The molecule has 2 rings (SSSR count). The van der Waals surface area contributed by atoms with Gasteiger partial charge in [-0.15, -0.1) is 0 Å². The van der Waals surface area contributed by atoms with Gasteiger partial charge in [-0.25, -0.2) is 0 Å². The lowest BCUT2D eigenvalue weighted by Crippen LogP contribution is -2.29. The standard InChI is InChI=1S/C14H14BrClN2O2/c1-18-6-2-3-12(18)13(19)8-17-14(20)10-7-9(15)4-5-11(10)16/h2-7,13,19H,8H2,1H3,(H,17,20)/t13-/m0/s1. The maximum Gasteiger partial charge on any atom is 0.252 e. The van der Waals surface area contributed by atoms with Gasteiger partial charge in [-0.2, -0.15) is 0 Å². The number of carbonyl (C=O) groups is 1. The number of nitrogens with zero attached hydrogens (tertiary/aromatic N) is 1. The topological polar surface area (TPSA) is 54.3 Å². The third-order valence-corrected chi connectivity index (χ3v) is 3.78. The van der Waals surface area contributed by atoms with Gasteiger partial charge in [-0.05, 0) is 30.3 Å². The number of carbonyl (C=O) groups excluding carboxylic acids is 1. The van der Waals surface area contributed by atoms with Gasteiger partial charge in [0.15, 0.2) is 0 Å². The first-order valence-electron chi connectivity index (χ1n) is 6.01. The van der Waals surface area contributed by atoms with Crippen molar-refractivity contribution in [2.24, 2.45) is 7.05 Å². The summed E-state index contributed by atoms with van der Waals surface area (Å²) in [6.07, 6.45) is 1.08. The fraction of sp³-hybridized carbons (Fsp3) is 0.214. The summed E-state index contributed by atoms with van der Waals surface area (Å²) in [6.45, 7) is 0.125. The van der Waals surface area contributed by atoms with Gasteiger partial charge in [-0.3, -0.25) is 4.79 Å². The van der Waals surface area contributed by atoms with Gasteiger partial charge in [-0.1, -0.05) is 27.5 Å². The van der Waals surface area contributed by atoms with E-state index in [9.17, 15) is 9.90 Å². The summed E-state index contributed by atoms with van der Waals surface area (Å²) in [4.78, 5) is 12.0. The Morgan fingerprint density at radius 3 is 2.90 bits per heavy atom. The minimum atomic E-state index is -0.759. The normalized spacial score (nSPS) is 12.2. The lowest BCUT2D eigenvalue weighted by molar-refractivity contribution is 0.0912. The number of benzene rings is 1. The highest BCUT2D eigenvalue weighted by atomic mass is 79.9. The number of rotatable bonds is 4. The molecule has 0 aliphatic heterocycles. The largest absolute Gasteiger partial charge is 0.385 e. The fourth-order valence-electron chi connectivity index (χ4n) is 1.88. The maximum atomic E-state index is 12.0. The molecule has 2 N–H and O–H groups in total. The number of aliphatic hydroxyl groups excluding tert-OH is 1. The third kappa shape index (κ3) is 3.42. The second kappa shape index (κ2) is 6.43. The average Bonchev–Trinajstić information content (AvgIpc) is 2.84. The zero-order valence-electron chi connectivity index (χ0n) is 10.8. The first kappa shape index (κ1) is 15.1. The Morgan fingerprint density at radius 2 is 2.25 bits per heavy atom. The van der Waals surface area contributed by atoms with Crippen molar-refractivity contribution >= 4 is 33.4 Å². The van der Waals surface area contributed by atoms with Crippen LogP contribution in [-0.2, 0) is 7.05 Å². The number of aryl methyl sites for hydroxylation is 1. The number of halogens is 2. The quantitative estimate of drug-likeness (QED) is 0.884. The van der Waals surface area contributed by atoms with Crippen LogP contribution in [0.25, 0.3) is 0 Å². The van der Waals surface area contributed by atoms with Gasteiger partial charge in [0.2, 0.25) is 0 Å². The van der Waals surface area contributed by atoms with Crippen LogP contribution in [0.4, 0.5) is 0 Å². The predicted octanol–water partition coefficient (Wildman–Crippen LogP) is 2.90. The number of aliphatic hydroxyl groups is 1. The predicted molar refractivity (Wildman–Crippen MR) is 81.9 cm³/mol. The van der Waals surface area contributed by atoms with Crippen molar-refractivity contribution in [3.05, 3.63) is 57.3 Å². The molecule has 0 aliphatic rings. The van der Waals surface area contributed by atoms with Crippen LogP contribution in [0.3, 0.4) is 0 Å². The molecule has 1 aromatic heterocycles. The van der Waals surface area contributed by atoms with Crippen molar-refractivity contribution in [2.45, 2.75) is 6.10 Å². The summed E-state index contributed by atoms with van der Waals surface area (Å²) in [7, 11) is 1.84. The average molecular weight is 358 g/mol.